The Hall–Kier alpha value is -4.17. The lowest BCUT2D eigenvalue weighted by molar-refractivity contribution is 0.0512. The number of esters is 1. The molecule has 0 fully saturated rings. The van der Waals surface area contributed by atoms with Gasteiger partial charge in [0.1, 0.15) is 17.3 Å². The van der Waals surface area contributed by atoms with Gasteiger partial charge in [0, 0.05) is 47.8 Å². The van der Waals surface area contributed by atoms with Gasteiger partial charge in [-0.2, -0.15) is 5.10 Å². The molecular weight excluding hydrogens is 545 g/mol. The van der Waals surface area contributed by atoms with Gasteiger partial charge in [0.25, 0.3) is 0 Å². The molecule has 0 radical (unpaired) electrons. The van der Waals surface area contributed by atoms with Gasteiger partial charge in [-0.25, -0.2) is 9.18 Å². The molecule has 0 atom stereocenters. The van der Waals surface area contributed by atoms with E-state index in [1.165, 1.54) is 12.1 Å². The summed E-state index contributed by atoms with van der Waals surface area (Å²) < 4.78 is 35.8. The van der Waals surface area contributed by atoms with Crippen molar-refractivity contribution in [2.24, 2.45) is 7.05 Å². The molecule has 7 nitrogen and oxygen atoms in total. The van der Waals surface area contributed by atoms with E-state index in [1.807, 2.05) is 36.9 Å². The molecule has 0 saturated heterocycles. The van der Waals surface area contributed by atoms with Crippen molar-refractivity contribution in [2.75, 3.05) is 19.8 Å². The van der Waals surface area contributed by atoms with E-state index >= 15 is 0 Å². The van der Waals surface area contributed by atoms with Crippen molar-refractivity contribution in [2.45, 2.75) is 59.1 Å². The monoisotopic (exact) mass is 583 g/mol. The van der Waals surface area contributed by atoms with Crippen molar-refractivity contribution in [1.82, 2.24) is 14.3 Å². The van der Waals surface area contributed by atoms with E-state index in [0.717, 1.165) is 74.8 Å². The van der Waals surface area contributed by atoms with Gasteiger partial charge in [-0.1, -0.05) is 37.3 Å². The normalized spacial score (nSPS) is 13.6. The first kappa shape index (κ1) is 28.9. The highest BCUT2D eigenvalue weighted by Crippen LogP contribution is 2.39. The summed E-state index contributed by atoms with van der Waals surface area (Å²) in [5.74, 6) is 0.153. The minimum absolute atomic E-state index is 0.269. The minimum Gasteiger partial charge on any atom is -0.493 e. The Morgan fingerprint density at radius 3 is 2.77 bits per heavy atom. The van der Waals surface area contributed by atoms with Gasteiger partial charge in [0.2, 0.25) is 0 Å². The lowest BCUT2D eigenvalue weighted by Gasteiger charge is -2.14. The molecule has 43 heavy (non-hydrogen) atoms. The first-order valence-corrected chi connectivity index (χ1v) is 15.3. The number of hydrogen-bond acceptors (Lipinski definition) is 5. The van der Waals surface area contributed by atoms with Crippen LogP contribution in [0.25, 0.3) is 32.8 Å². The van der Waals surface area contributed by atoms with Gasteiger partial charge < -0.3 is 18.8 Å². The number of halogens is 1. The predicted octanol–water partition coefficient (Wildman–Crippen LogP) is 7.40. The minimum atomic E-state index is -0.301. The van der Waals surface area contributed by atoms with Crippen LogP contribution in [0.1, 0.15) is 60.5 Å². The van der Waals surface area contributed by atoms with E-state index in [2.05, 4.69) is 29.7 Å². The molecule has 3 heterocycles. The fourth-order valence-corrected chi connectivity index (χ4v) is 6.45. The summed E-state index contributed by atoms with van der Waals surface area (Å²) in [6.45, 7) is 6.52. The Morgan fingerprint density at radius 1 is 1.07 bits per heavy atom. The molecule has 0 saturated carbocycles. The van der Waals surface area contributed by atoms with Gasteiger partial charge in [-0.15, -0.1) is 0 Å². The lowest BCUT2D eigenvalue weighted by Crippen LogP contribution is -2.15. The van der Waals surface area contributed by atoms with Crippen LogP contribution in [0.15, 0.2) is 54.6 Å². The number of para-hydroxylation sites is 1. The van der Waals surface area contributed by atoms with Crippen molar-refractivity contribution < 1.29 is 23.4 Å². The number of aromatic nitrogens is 3. The maximum Gasteiger partial charge on any atom is 0.355 e. The van der Waals surface area contributed by atoms with Crippen LogP contribution >= 0.6 is 0 Å². The quantitative estimate of drug-likeness (QED) is 0.141. The summed E-state index contributed by atoms with van der Waals surface area (Å²) in [7, 11) is 1.98. The fourth-order valence-electron chi connectivity index (χ4n) is 6.45. The maximum absolute atomic E-state index is 13.8. The van der Waals surface area contributed by atoms with Crippen LogP contribution < -0.4 is 4.74 Å². The van der Waals surface area contributed by atoms with Crippen molar-refractivity contribution in [3.63, 3.8) is 0 Å². The molecule has 224 valence electrons. The molecule has 0 N–H and O–H groups in total. The van der Waals surface area contributed by atoms with Crippen molar-refractivity contribution >= 4 is 27.6 Å². The third kappa shape index (κ3) is 5.52. The second-order valence-electron chi connectivity index (χ2n) is 11.0. The van der Waals surface area contributed by atoms with Crippen LogP contribution in [-0.4, -0.2) is 40.1 Å². The van der Waals surface area contributed by atoms with Crippen LogP contribution in [0.5, 0.6) is 5.75 Å². The summed E-state index contributed by atoms with van der Waals surface area (Å²) in [5.41, 5.74) is 6.87. The van der Waals surface area contributed by atoms with Gasteiger partial charge in [-0.3, -0.25) is 4.68 Å². The Labute approximate surface area is 251 Å². The van der Waals surface area contributed by atoms with E-state index in [0.29, 0.717) is 51.5 Å². The van der Waals surface area contributed by atoms with Gasteiger partial charge in [0.15, 0.2) is 0 Å². The zero-order valence-electron chi connectivity index (χ0n) is 25.1. The van der Waals surface area contributed by atoms with Crippen LogP contribution in [-0.2, 0) is 42.5 Å². The maximum atomic E-state index is 13.8. The first-order chi connectivity index (χ1) is 21.0. The van der Waals surface area contributed by atoms with Crippen LogP contribution in [0.3, 0.4) is 0 Å². The highest BCUT2D eigenvalue weighted by Gasteiger charge is 2.28. The Balaban J connectivity index is 1.42. The SMILES string of the molecule is CCOC(=O)c1c(CCCOc2cccc3cc(F)ccc23)c2cccc3c2n1CCCCOCc1nn(C)c(CC)c1-3. The number of carbonyl (C=O) groups is 1. The first-order valence-electron chi connectivity index (χ1n) is 15.3. The molecule has 6 rings (SSSR count). The molecule has 8 heteroatoms. The van der Waals surface area contributed by atoms with Gasteiger partial charge in [0.05, 0.1) is 31.0 Å². The molecule has 2 aromatic heterocycles. The highest BCUT2D eigenvalue weighted by atomic mass is 19.1. The van der Waals surface area contributed by atoms with Crippen molar-refractivity contribution in [1.29, 1.82) is 0 Å². The molecule has 0 spiro atoms. The average Bonchev–Trinajstić information content (AvgIpc) is 3.49. The van der Waals surface area contributed by atoms with E-state index in [9.17, 15) is 9.18 Å². The van der Waals surface area contributed by atoms with Crippen LogP contribution in [0.2, 0.25) is 0 Å². The average molecular weight is 584 g/mol. The van der Waals surface area contributed by atoms with E-state index < -0.39 is 0 Å². The highest BCUT2D eigenvalue weighted by molar-refractivity contribution is 6.05. The van der Waals surface area contributed by atoms with Gasteiger partial charge in [-0.05, 0) is 74.2 Å². The summed E-state index contributed by atoms with van der Waals surface area (Å²) in [6, 6.07) is 16.7. The number of nitrogens with zero attached hydrogens (tertiary/aromatic N) is 3. The van der Waals surface area contributed by atoms with E-state index in [4.69, 9.17) is 19.3 Å². The zero-order valence-corrected chi connectivity index (χ0v) is 25.1. The fraction of sp³-hybridized carbons (Fsp3) is 0.371. The molecule has 0 amide bonds. The summed E-state index contributed by atoms with van der Waals surface area (Å²) in [5, 5.41) is 7.58. The number of benzene rings is 3. The third-order valence-electron chi connectivity index (χ3n) is 8.29. The van der Waals surface area contributed by atoms with Crippen molar-refractivity contribution in [3.8, 4) is 16.9 Å². The molecule has 0 unspecified atom stereocenters. The molecular formula is C35H38FN3O4. The molecule has 1 aliphatic rings. The standard InChI is InChI=1S/C35H38FN3O4/c1-4-30-32-28-13-9-12-26-27(14-10-20-43-31-15-8-11-23-21-24(36)16-17-25(23)31)34(35(40)42-5-2)39(33(26)28)18-6-7-19-41-22-29(32)37-38(30)3/h8-9,11-13,15-17,21H,4-7,10,14,18-20,22H2,1-3H3. The van der Waals surface area contributed by atoms with Crippen molar-refractivity contribution in [3.05, 3.63) is 83.1 Å². The number of rotatable bonds is 8. The van der Waals surface area contributed by atoms with Gasteiger partial charge >= 0.3 is 5.97 Å². The summed E-state index contributed by atoms with van der Waals surface area (Å²) in [6.07, 6.45) is 3.92. The topological polar surface area (TPSA) is 67.5 Å². The van der Waals surface area contributed by atoms with E-state index in [-0.39, 0.29) is 11.8 Å². The summed E-state index contributed by atoms with van der Waals surface area (Å²) >= 11 is 0. The van der Waals surface area contributed by atoms with E-state index in [1.54, 1.807) is 6.07 Å². The predicted molar refractivity (Wildman–Crippen MR) is 166 cm³/mol. The third-order valence-corrected chi connectivity index (χ3v) is 8.29. The Bertz CT molecular complexity index is 1790. The zero-order chi connectivity index (χ0) is 29.9. The van der Waals surface area contributed by atoms with Crippen LogP contribution in [0, 0.1) is 5.82 Å². The molecule has 5 aromatic rings. The lowest BCUT2D eigenvalue weighted by atomic mass is 9.97. The second kappa shape index (κ2) is 12.6. The molecule has 0 aliphatic carbocycles. The van der Waals surface area contributed by atoms with Crippen LogP contribution in [0.4, 0.5) is 4.39 Å². The molecule has 1 aliphatic heterocycles. The number of fused-ring (bicyclic) bond motifs is 3. The second-order valence-corrected chi connectivity index (χ2v) is 11.0. The number of ether oxygens (including phenoxy) is 3. The summed E-state index contributed by atoms with van der Waals surface area (Å²) in [4.78, 5) is 13.6. The number of carbonyl (C=O) groups excluding carboxylic acids is 1. The number of aryl methyl sites for hydroxylation is 3. The largest absolute Gasteiger partial charge is 0.493 e. The Morgan fingerprint density at radius 2 is 1.93 bits per heavy atom. The Kier molecular flexibility index (Phi) is 8.47. The molecule has 3 aromatic carbocycles. The molecule has 0 bridgehead atoms. The smallest absolute Gasteiger partial charge is 0.355 e. The number of hydrogen-bond donors (Lipinski definition) is 0.